The summed E-state index contributed by atoms with van der Waals surface area (Å²) >= 11 is 0. The molecule has 32 heavy (non-hydrogen) atoms. The van der Waals surface area contributed by atoms with Crippen LogP contribution in [0, 0.1) is 13.8 Å². The van der Waals surface area contributed by atoms with Crippen molar-refractivity contribution in [3.05, 3.63) is 88.5 Å². The van der Waals surface area contributed by atoms with Crippen molar-refractivity contribution >= 4 is 24.4 Å². The van der Waals surface area contributed by atoms with Crippen LogP contribution >= 0.6 is 7.80 Å². The number of hydrogen-bond acceptors (Lipinski definition) is 5. The summed E-state index contributed by atoms with van der Waals surface area (Å²) in [5, 5.41) is 0.123. The highest BCUT2D eigenvalue weighted by Gasteiger charge is 2.42. The van der Waals surface area contributed by atoms with Crippen LogP contribution in [-0.2, 0) is 4.57 Å². The van der Waals surface area contributed by atoms with Gasteiger partial charge in [0.1, 0.15) is 0 Å². The molecule has 0 aliphatic rings. The van der Waals surface area contributed by atoms with Crippen molar-refractivity contribution in [3.8, 4) is 11.5 Å². The topological polar surface area (TPSA) is 69.7 Å². The van der Waals surface area contributed by atoms with E-state index in [1.54, 1.807) is 50.2 Å². The standard InChI is InChI=1S/C26H26O5P/c1-5-30-21-16-15-20(23(27)19-13-8-7-9-14-19)24(31-6-2)25(21)32(29)26(28)22-17(3)11-10-12-18(22)4/h7-16H,5-6H2,1-4H3/q+1. The van der Waals surface area contributed by atoms with Gasteiger partial charge in [0.25, 0.3) is 5.30 Å². The summed E-state index contributed by atoms with van der Waals surface area (Å²) in [6, 6.07) is 17.4. The van der Waals surface area contributed by atoms with E-state index < -0.39 is 13.3 Å². The molecule has 1 atom stereocenters. The average molecular weight is 449 g/mol. The van der Waals surface area contributed by atoms with Gasteiger partial charge in [0.2, 0.25) is 0 Å². The SMILES string of the molecule is CCOc1ccc(C(=O)c2ccccc2)c(OCC)c1[P+](=O)C(=O)c1c(C)cccc1C. The summed E-state index contributed by atoms with van der Waals surface area (Å²) < 4.78 is 25.2. The van der Waals surface area contributed by atoms with E-state index in [0.29, 0.717) is 17.7 Å². The van der Waals surface area contributed by atoms with E-state index in [4.69, 9.17) is 9.47 Å². The van der Waals surface area contributed by atoms with E-state index in [2.05, 4.69) is 0 Å². The molecular formula is C26H26O5P+. The fourth-order valence-electron chi connectivity index (χ4n) is 3.59. The number of aryl methyl sites for hydroxylation is 2. The van der Waals surface area contributed by atoms with Gasteiger partial charge in [-0.3, -0.25) is 4.79 Å². The number of ether oxygens (including phenoxy) is 2. The first-order valence-corrected chi connectivity index (χ1v) is 11.8. The van der Waals surface area contributed by atoms with Gasteiger partial charge < -0.3 is 9.47 Å². The zero-order chi connectivity index (χ0) is 23.3. The van der Waals surface area contributed by atoms with E-state index >= 15 is 0 Å². The van der Waals surface area contributed by atoms with Crippen molar-refractivity contribution < 1.29 is 23.6 Å². The van der Waals surface area contributed by atoms with Gasteiger partial charge in [0, 0.05) is 5.56 Å². The minimum Gasteiger partial charge on any atom is -0.489 e. The molecule has 3 rings (SSSR count). The van der Waals surface area contributed by atoms with E-state index in [-0.39, 0.29) is 34.8 Å². The number of carbonyl (C=O) groups excluding carboxylic acids is 2. The maximum Gasteiger partial charge on any atom is 0.466 e. The normalized spacial score (nSPS) is 11.1. The maximum atomic E-state index is 13.7. The molecule has 0 aliphatic carbocycles. The third-order valence-electron chi connectivity index (χ3n) is 5.05. The first-order chi connectivity index (χ1) is 15.4. The van der Waals surface area contributed by atoms with Crippen LogP contribution < -0.4 is 14.8 Å². The average Bonchev–Trinajstić information content (AvgIpc) is 2.79. The number of carbonyl (C=O) groups is 2. The quantitative estimate of drug-likeness (QED) is 0.313. The van der Waals surface area contributed by atoms with Crippen molar-refractivity contribution in [1.82, 2.24) is 0 Å². The van der Waals surface area contributed by atoms with Crippen molar-refractivity contribution in [2.45, 2.75) is 27.7 Å². The Morgan fingerprint density at radius 1 is 0.812 bits per heavy atom. The lowest BCUT2D eigenvalue weighted by molar-refractivity contribution is 0.103. The van der Waals surface area contributed by atoms with Gasteiger partial charge in [-0.1, -0.05) is 53.1 Å². The summed E-state index contributed by atoms with van der Waals surface area (Å²) in [6.07, 6.45) is 0. The van der Waals surface area contributed by atoms with Crippen LogP contribution in [0.25, 0.3) is 0 Å². The highest BCUT2D eigenvalue weighted by atomic mass is 31.1. The van der Waals surface area contributed by atoms with E-state index in [0.717, 1.165) is 11.1 Å². The third kappa shape index (κ3) is 4.63. The van der Waals surface area contributed by atoms with Gasteiger partial charge in [0.05, 0.1) is 24.3 Å². The van der Waals surface area contributed by atoms with Crippen LogP contribution in [-0.4, -0.2) is 24.5 Å². The summed E-state index contributed by atoms with van der Waals surface area (Å²) in [7, 11) is -2.61. The Morgan fingerprint density at radius 3 is 2.03 bits per heavy atom. The molecule has 164 valence electrons. The van der Waals surface area contributed by atoms with Gasteiger partial charge in [-0.05, 0) is 51.0 Å². The molecule has 0 bridgehead atoms. The Hall–Kier alpha value is -3.30. The van der Waals surface area contributed by atoms with Gasteiger partial charge in [-0.15, -0.1) is 0 Å². The second kappa shape index (κ2) is 10.3. The molecule has 0 saturated heterocycles. The molecule has 0 amide bonds. The Labute approximate surface area is 189 Å². The molecule has 5 nitrogen and oxygen atoms in total. The molecule has 1 unspecified atom stereocenters. The molecule has 0 fully saturated rings. The third-order valence-corrected chi connectivity index (χ3v) is 6.47. The first-order valence-electron chi connectivity index (χ1n) is 10.5. The van der Waals surface area contributed by atoms with Crippen LogP contribution in [0.1, 0.15) is 51.3 Å². The van der Waals surface area contributed by atoms with Crippen molar-refractivity contribution in [2.75, 3.05) is 13.2 Å². The van der Waals surface area contributed by atoms with Crippen molar-refractivity contribution in [2.24, 2.45) is 0 Å². The molecule has 0 aliphatic heterocycles. The van der Waals surface area contributed by atoms with Crippen molar-refractivity contribution in [3.63, 3.8) is 0 Å². The van der Waals surface area contributed by atoms with Crippen molar-refractivity contribution in [1.29, 1.82) is 0 Å². The van der Waals surface area contributed by atoms with E-state index in [1.165, 1.54) is 0 Å². The monoisotopic (exact) mass is 449 g/mol. The molecule has 0 N–H and O–H groups in total. The Kier molecular flexibility index (Phi) is 7.55. The lowest BCUT2D eigenvalue weighted by Crippen LogP contribution is -2.18. The lowest BCUT2D eigenvalue weighted by Gasteiger charge is -2.13. The molecule has 6 heteroatoms. The summed E-state index contributed by atoms with van der Waals surface area (Å²) in [6.45, 7) is 7.74. The summed E-state index contributed by atoms with van der Waals surface area (Å²) in [4.78, 5) is 26.6. The first kappa shape index (κ1) is 23.4. The van der Waals surface area contributed by atoms with Crippen LogP contribution in [0.2, 0.25) is 0 Å². The second-order valence-electron chi connectivity index (χ2n) is 7.22. The molecule has 3 aromatic rings. The largest absolute Gasteiger partial charge is 0.489 e. The zero-order valence-electron chi connectivity index (χ0n) is 18.7. The Balaban J connectivity index is 2.21. The fraction of sp³-hybridized carbons (Fsp3) is 0.231. The van der Waals surface area contributed by atoms with E-state index in [9.17, 15) is 14.2 Å². The number of rotatable bonds is 9. The Morgan fingerprint density at radius 2 is 1.44 bits per heavy atom. The molecule has 0 spiro atoms. The lowest BCUT2D eigenvalue weighted by atomic mass is 10.0. The van der Waals surface area contributed by atoms with Gasteiger partial charge in [-0.2, -0.15) is 0 Å². The predicted octanol–water partition coefficient (Wildman–Crippen LogP) is 5.62. The number of benzene rings is 3. The number of hydrogen-bond donors (Lipinski definition) is 0. The van der Waals surface area contributed by atoms with Gasteiger partial charge >= 0.3 is 13.3 Å². The summed E-state index contributed by atoms with van der Waals surface area (Å²) in [5.41, 5.74) is 2.10. The molecule has 0 heterocycles. The van der Waals surface area contributed by atoms with Crippen LogP contribution in [0.5, 0.6) is 11.5 Å². The second-order valence-corrected chi connectivity index (χ2v) is 8.66. The van der Waals surface area contributed by atoms with E-state index in [1.807, 2.05) is 38.1 Å². The highest BCUT2D eigenvalue weighted by Crippen LogP contribution is 2.39. The predicted molar refractivity (Wildman–Crippen MR) is 126 cm³/mol. The van der Waals surface area contributed by atoms with Crippen LogP contribution in [0.3, 0.4) is 0 Å². The zero-order valence-corrected chi connectivity index (χ0v) is 19.6. The summed E-state index contributed by atoms with van der Waals surface area (Å²) in [5.74, 6) is 0.135. The Bertz CT molecular complexity index is 1150. The maximum absolute atomic E-state index is 13.7. The molecule has 0 saturated carbocycles. The fourth-order valence-corrected chi connectivity index (χ4v) is 5.05. The minimum absolute atomic E-state index is 0.123. The van der Waals surface area contributed by atoms with Gasteiger partial charge in [0.15, 0.2) is 17.3 Å². The highest BCUT2D eigenvalue weighted by molar-refractivity contribution is 7.72. The number of ketones is 1. The van der Waals surface area contributed by atoms with Crippen LogP contribution in [0.4, 0.5) is 0 Å². The van der Waals surface area contributed by atoms with Gasteiger partial charge in [-0.25, -0.2) is 4.79 Å². The molecule has 0 aromatic heterocycles. The minimum atomic E-state index is -2.61. The van der Waals surface area contributed by atoms with Crippen LogP contribution in [0.15, 0.2) is 60.7 Å². The molecule has 3 aromatic carbocycles. The molecular weight excluding hydrogens is 423 g/mol. The molecule has 0 radical (unpaired) electrons. The smallest absolute Gasteiger partial charge is 0.466 e.